The lowest BCUT2D eigenvalue weighted by atomic mass is 9.66. The van der Waals surface area contributed by atoms with Crippen molar-refractivity contribution in [3.05, 3.63) is 0 Å². The van der Waals surface area contributed by atoms with Crippen LogP contribution in [0.5, 0.6) is 0 Å². The molecule has 25 heavy (non-hydrogen) atoms. The molecule has 2 heteroatoms. The van der Waals surface area contributed by atoms with Gasteiger partial charge in [0.25, 0.3) is 0 Å². The van der Waals surface area contributed by atoms with Crippen molar-refractivity contribution in [1.82, 2.24) is 4.90 Å². The zero-order valence-electron chi connectivity index (χ0n) is 16.8. The first-order chi connectivity index (χ1) is 12.2. The minimum absolute atomic E-state index is 0.652. The molecule has 0 N–H and O–H groups in total. The van der Waals surface area contributed by atoms with Crippen LogP contribution in [0.1, 0.15) is 90.9 Å². The Morgan fingerprint density at radius 1 is 0.960 bits per heavy atom. The number of carbonyl (C=O) groups is 1. The van der Waals surface area contributed by atoms with Crippen LogP contribution >= 0.6 is 0 Å². The second-order valence-electron chi connectivity index (χ2n) is 9.54. The van der Waals surface area contributed by atoms with Crippen molar-refractivity contribution in [2.24, 2.45) is 29.6 Å². The van der Waals surface area contributed by atoms with Crippen molar-refractivity contribution in [1.29, 1.82) is 0 Å². The molecule has 2 nitrogen and oxygen atoms in total. The number of likely N-dealkylation sites (tertiary alicyclic amines) is 1. The Labute approximate surface area is 156 Å². The Balaban J connectivity index is 1.56. The fourth-order valence-corrected chi connectivity index (χ4v) is 6.31. The maximum Gasteiger partial charge on any atom is 0.120 e. The molecule has 0 bridgehead atoms. The van der Waals surface area contributed by atoms with Crippen LogP contribution in [-0.4, -0.2) is 30.3 Å². The monoisotopic (exact) mass is 347 g/mol. The summed E-state index contributed by atoms with van der Waals surface area (Å²) in [4.78, 5) is 14.0. The summed E-state index contributed by atoms with van der Waals surface area (Å²) in [6.07, 6.45) is 17.6. The Morgan fingerprint density at radius 3 is 2.44 bits per heavy atom. The summed E-state index contributed by atoms with van der Waals surface area (Å²) < 4.78 is 0. The second kappa shape index (κ2) is 9.53. The van der Waals surface area contributed by atoms with E-state index in [4.69, 9.17) is 0 Å². The van der Waals surface area contributed by atoms with Crippen LogP contribution in [0, 0.1) is 29.6 Å². The van der Waals surface area contributed by atoms with Gasteiger partial charge in [0.15, 0.2) is 0 Å². The van der Waals surface area contributed by atoms with Crippen LogP contribution in [-0.2, 0) is 4.79 Å². The van der Waals surface area contributed by atoms with Gasteiger partial charge in [0, 0.05) is 19.0 Å². The van der Waals surface area contributed by atoms with E-state index in [0.29, 0.717) is 5.92 Å². The van der Waals surface area contributed by atoms with Gasteiger partial charge in [-0.2, -0.15) is 0 Å². The molecular weight excluding hydrogens is 306 g/mol. The normalized spacial score (nSPS) is 39.3. The molecule has 0 radical (unpaired) electrons. The van der Waals surface area contributed by atoms with Gasteiger partial charge < -0.3 is 4.79 Å². The molecule has 4 atom stereocenters. The summed E-state index contributed by atoms with van der Waals surface area (Å²) in [5, 5.41) is 0. The first kappa shape index (κ1) is 19.4. The molecule has 0 aromatic rings. The van der Waals surface area contributed by atoms with Crippen molar-refractivity contribution in [2.45, 2.75) is 96.9 Å². The molecule has 4 unspecified atom stereocenters. The maximum atomic E-state index is 11.2. The lowest BCUT2D eigenvalue weighted by Crippen LogP contribution is -2.39. The highest BCUT2D eigenvalue weighted by atomic mass is 16.1. The number of rotatable bonds is 8. The van der Waals surface area contributed by atoms with Crippen molar-refractivity contribution in [2.75, 3.05) is 13.1 Å². The number of carbonyl (C=O) groups excluding carboxylic acids is 1. The smallest absolute Gasteiger partial charge is 0.120 e. The Bertz CT molecular complexity index is 401. The quantitative estimate of drug-likeness (QED) is 0.415. The molecule has 0 amide bonds. The molecular formula is C23H41NO. The van der Waals surface area contributed by atoms with Crippen LogP contribution in [0.4, 0.5) is 0 Å². The van der Waals surface area contributed by atoms with E-state index in [1.807, 2.05) is 0 Å². The Kier molecular flexibility index (Phi) is 7.39. The van der Waals surface area contributed by atoms with Gasteiger partial charge in [-0.1, -0.05) is 46.0 Å². The summed E-state index contributed by atoms with van der Waals surface area (Å²) in [6, 6.07) is 0.797. The zero-order valence-corrected chi connectivity index (χ0v) is 16.8. The van der Waals surface area contributed by atoms with E-state index >= 15 is 0 Å². The third-order valence-corrected chi connectivity index (χ3v) is 7.87. The Morgan fingerprint density at radius 2 is 1.72 bits per heavy atom. The zero-order chi connectivity index (χ0) is 17.6. The molecule has 2 aliphatic carbocycles. The summed E-state index contributed by atoms with van der Waals surface area (Å²) in [5.41, 5.74) is 0. The standard InChI is InChI=1S/C23H41NO/c1-3-4-5-6-14-24-17-21(13-15-25)22-16-20(11-12-23(22)24)19-9-7-18(2)8-10-19/h15,18-23H,3-14,16-17H2,1-2H3. The summed E-state index contributed by atoms with van der Waals surface area (Å²) >= 11 is 0. The number of nitrogens with zero attached hydrogens (tertiary/aromatic N) is 1. The molecule has 1 heterocycles. The summed E-state index contributed by atoms with van der Waals surface area (Å²) in [6.45, 7) is 7.21. The van der Waals surface area contributed by atoms with Crippen LogP contribution < -0.4 is 0 Å². The van der Waals surface area contributed by atoms with Crippen molar-refractivity contribution in [3.8, 4) is 0 Å². The molecule has 144 valence electrons. The number of unbranched alkanes of at least 4 members (excludes halogenated alkanes) is 3. The minimum Gasteiger partial charge on any atom is -0.303 e. The van der Waals surface area contributed by atoms with E-state index in [1.165, 1.54) is 90.0 Å². The average Bonchev–Trinajstić information content (AvgIpc) is 2.97. The predicted molar refractivity (Wildman–Crippen MR) is 106 cm³/mol. The third-order valence-electron chi connectivity index (χ3n) is 7.87. The van der Waals surface area contributed by atoms with Crippen molar-refractivity contribution >= 4 is 6.29 Å². The van der Waals surface area contributed by atoms with Crippen molar-refractivity contribution in [3.63, 3.8) is 0 Å². The van der Waals surface area contributed by atoms with E-state index in [1.54, 1.807) is 0 Å². The fraction of sp³-hybridized carbons (Fsp3) is 0.957. The SMILES string of the molecule is CCCCCCN1CC(CC=O)C2CC(C3CCC(C)CC3)CCC21. The van der Waals surface area contributed by atoms with E-state index in [-0.39, 0.29) is 0 Å². The van der Waals surface area contributed by atoms with Crippen LogP contribution in [0.2, 0.25) is 0 Å². The fourth-order valence-electron chi connectivity index (χ4n) is 6.31. The van der Waals surface area contributed by atoms with E-state index in [9.17, 15) is 4.79 Å². The highest BCUT2D eigenvalue weighted by Crippen LogP contribution is 2.48. The molecule has 0 aromatic heterocycles. The van der Waals surface area contributed by atoms with Crippen LogP contribution in [0.15, 0.2) is 0 Å². The number of aldehydes is 1. The summed E-state index contributed by atoms with van der Waals surface area (Å²) in [7, 11) is 0. The van der Waals surface area contributed by atoms with Gasteiger partial charge >= 0.3 is 0 Å². The number of hydrogen-bond donors (Lipinski definition) is 0. The van der Waals surface area contributed by atoms with Gasteiger partial charge in [-0.25, -0.2) is 0 Å². The minimum atomic E-state index is 0.652. The first-order valence-corrected chi connectivity index (χ1v) is 11.4. The van der Waals surface area contributed by atoms with Gasteiger partial charge in [-0.05, 0) is 74.7 Å². The summed E-state index contributed by atoms with van der Waals surface area (Å²) in [5.74, 6) is 4.38. The van der Waals surface area contributed by atoms with Gasteiger partial charge in [-0.3, -0.25) is 4.90 Å². The van der Waals surface area contributed by atoms with Gasteiger partial charge in [-0.15, -0.1) is 0 Å². The molecule has 2 saturated carbocycles. The van der Waals surface area contributed by atoms with Crippen LogP contribution in [0.25, 0.3) is 0 Å². The number of fused-ring (bicyclic) bond motifs is 1. The molecule has 1 saturated heterocycles. The van der Waals surface area contributed by atoms with E-state index in [0.717, 1.165) is 36.1 Å². The highest BCUT2D eigenvalue weighted by molar-refractivity contribution is 5.50. The van der Waals surface area contributed by atoms with Gasteiger partial charge in [0.05, 0.1) is 0 Å². The van der Waals surface area contributed by atoms with Crippen LogP contribution in [0.3, 0.4) is 0 Å². The van der Waals surface area contributed by atoms with Crippen molar-refractivity contribution < 1.29 is 4.79 Å². The molecule has 3 aliphatic rings. The topological polar surface area (TPSA) is 20.3 Å². The predicted octanol–water partition coefficient (Wildman–Crippen LogP) is 5.70. The molecule has 3 rings (SSSR count). The maximum absolute atomic E-state index is 11.2. The first-order valence-electron chi connectivity index (χ1n) is 11.4. The largest absolute Gasteiger partial charge is 0.303 e. The van der Waals surface area contributed by atoms with E-state index < -0.39 is 0 Å². The van der Waals surface area contributed by atoms with Gasteiger partial charge in [0.1, 0.15) is 6.29 Å². The molecule has 1 aliphatic heterocycles. The highest BCUT2D eigenvalue weighted by Gasteiger charge is 2.45. The lowest BCUT2D eigenvalue weighted by Gasteiger charge is -2.41. The Hall–Kier alpha value is -0.370. The lowest BCUT2D eigenvalue weighted by molar-refractivity contribution is -0.108. The molecule has 0 spiro atoms. The average molecular weight is 348 g/mol. The molecule has 0 aromatic carbocycles. The third kappa shape index (κ3) is 4.87. The van der Waals surface area contributed by atoms with E-state index in [2.05, 4.69) is 18.7 Å². The number of hydrogen-bond acceptors (Lipinski definition) is 2. The van der Waals surface area contributed by atoms with Gasteiger partial charge in [0.2, 0.25) is 0 Å². The second-order valence-corrected chi connectivity index (χ2v) is 9.54. The molecule has 3 fully saturated rings.